The first kappa shape index (κ1) is 17.7. The van der Waals surface area contributed by atoms with Gasteiger partial charge in [-0.1, -0.05) is 6.07 Å². The van der Waals surface area contributed by atoms with Gasteiger partial charge in [0.05, 0.1) is 30.2 Å². The molecule has 0 saturated carbocycles. The maximum absolute atomic E-state index is 12.4. The van der Waals surface area contributed by atoms with E-state index in [0.717, 1.165) is 5.56 Å². The number of ether oxygens (including phenoxy) is 1. The molecule has 2 unspecified atom stereocenters. The van der Waals surface area contributed by atoms with Gasteiger partial charge in [0.1, 0.15) is 5.75 Å². The van der Waals surface area contributed by atoms with Crippen LogP contribution in [0.2, 0.25) is 0 Å². The van der Waals surface area contributed by atoms with Crippen LogP contribution in [0.4, 0.5) is 5.69 Å². The fraction of sp³-hybridized carbons (Fsp3) is 0.529. The summed E-state index contributed by atoms with van der Waals surface area (Å²) in [5, 5.41) is 2.78. The van der Waals surface area contributed by atoms with E-state index in [1.165, 1.54) is 0 Å². The average molecular weight is 366 g/mol. The number of anilines is 1. The van der Waals surface area contributed by atoms with E-state index in [0.29, 0.717) is 17.9 Å². The van der Waals surface area contributed by atoms with Crippen molar-refractivity contribution in [2.24, 2.45) is 5.92 Å². The zero-order chi connectivity index (χ0) is 18.2. The van der Waals surface area contributed by atoms with Crippen LogP contribution in [0, 0.1) is 12.8 Å². The van der Waals surface area contributed by atoms with Crippen molar-refractivity contribution >= 4 is 27.3 Å². The third kappa shape index (κ3) is 3.78. The third-order valence-corrected chi connectivity index (χ3v) is 6.47. The van der Waals surface area contributed by atoms with Gasteiger partial charge in [-0.2, -0.15) is 0 Å². The van der Waals surface area contributed by atoms with Crippen LogP contribution in [0.25, 0.3) is 0 Å². The van der Waals surface area contributed by atoms with E-state index in [-0.39, 0.29) is 42.3 Å². The molecule has 2 fully saturated rings. The first-order valence-electron chi connectivity index (χ1n) is 8.25. The molecule has 0 spiro atoms. The molecule has 2 amide bonds. The van der Waals surface area contributed by atoms with Gasteiger partial charge in [-0.25, -0.2) is 8.42 Å². The molecule has 1 N–H and O–H groups in total. The molecular weight excluding hydrogens is 344 g/mol. The summed E-state index contributed by atoms with van der Waals surface area (Å²) >= 11 is 0. The van der Waals surface area contributed by atoms with E-state index in [1.54, 1.807) is 18.1 Å². The number of sulfone groups is 1. The number of hydrogen-bond acceptors (Lipinski definition) is 5. The van der Waals surface area contributed by atoms with Gasteiger partial charge in [0.25, 0.3) is 0 Å². The van der Waals surface area contributed by atoms with Crippen LogP contribution in [0.5, 0.6) is 5.75 Å². The molecule has 7 nitrogen and oxygen atoms in total. The second kappa shape index (κ2) is 6.67. The molecule has 2 aliphatic heterocycles. The average Bonchev–Trinajstić information content (AvgIpc) is 3.09. The molecule has 2 heterocycles. The summed E-state index contributed by atoms with van der Waals surface area (Å²) in [6, 6.07) is 5.21. The number of aryl methyl sites for hydroxylation is 1. The lowest BCUT2D eigenvalue weighted by atomic mass is 10.1. The van der Waals surface area contributed by atoms with E-state index < -0.39 is 15.8 Å². The predicted molar refractivity (Wildman–Crippen MR) is 93.4 cm³/mol. The van der Waals surface area contributed by atoms with Gasteiger partial charge >= 0.3 is 0 Å². The normalized spacial score (nSPS) is 25.2. The Morgan fingerprint density at radius 2 is 2.12 bits per heavy atom. The third-order valence-electron chi connectivity index (χ3n) is 4.70. The molecule has 136 valence electrons. The van der Waals surface area contributed by atoms with Crippen LogP contribution in [0.3, 0.4) is 0 Å². The van der Waals surface area contributed by atoms with Gasteiger partial charge in [0.15, 0.2) is 9.84 Å². The van der Waals surface area contributed by atoms with E-state index in [4.69, 9.17) is 4.74 Å². The van der Waals surface area contributed by atoms with Crippen molar-refractivity contribution in [3.63, 3.8) is 0 Å². The Kier molecular flexibility index (Phi) is 4.73. The lowest BCUT2D eigenvalue weighted by Gasteiger charge is -2.20. The molecule has 25 heavy (non-hydrogen) atoms. The molecule has 2 saturated heterocycles. The number of rotatable bonds is 4. The zero-order valence-electron chi connectivity index (χ0n) is 14.3. The smallest absolute Gasteiger partial charge is 0.227 e. The second-order valence-corrected chi connectivity index (χ2v) is 8.92. The number of hydrogen-bond donors (Lipinski definition) is 1. The monoisotopic (exact) mass is 366 g/mol. The lowest BCUT2D eigenvalue weighted by molar-refractivity contribution is -0.126. The maximum atomic E-state index is 12.4. The van der Waals surface area contributed by atoms with Crippen LogP contribution < -0.4 is 15.0 Å². The second-order valence-electron chi connectivity index (χ2n) is 6.69. The molecule has 2 aliphatic rings. The molecule has 0 aliphatic carbocycles. The van der Waals surface area contributed by atoms with Crippen LogP contribution in [0.15, 0.2) is 18.2 Å². The first-order valence-corrected chi connectivity index (χ1v) is 10.1. The van der Waals surface area contributed by atoms with E-state index >= 15 is 0 Å². The summed E-state index contributed by atoms with van der Waals surface area (Å²) in [5.74, 6) is -0.209. The number of nitrogens with one attached hydrogen (secondary N) is 1. The quantitative estimate of drug-likeness (QED) is 0.845. The van der Waals surface area contributed by atoms with Gasteiger partial charge in [0.2, 0.25) is 11.8 Å². The van der Waals surface area contributed by atoms with E-state index in [9.17, 15) is 18.0 Å². The summed E-state index contributed by atoms with van der Waals surface area (Å²) < 4.78 is 28.3. The van der Waals surface area contributed by atoms with Gasteiger partial charge in [0, 0.05) is 19.0 Å². The van der Waals surface area contributed by atoms with Crippen LogP contribution in [-0.2, 0) is 19.4 Å². The summed E-state index contributed by atoms with van der Waals surface area (Å²) in [7, 11) is -1.51. The van der Waals surface area contributed by atoms with Gasteiger partial charge in [-0.15, -0.1) is 0 Å². The predicted octanol–water partition coefficient (Wildman–Crippen LogP) is 0.660. The van der Waals surface area contributed by atoms with Crippen molar-refractivity contribution in [3.8, 4) is 5.75 Å². The van der Waals surface area contributed by atoms with Crippen molar-refractivity contribution in [3.05, 3.63) is 23.8 Å². The van der Waals surface area contributed by atoms with Crippen molar-refractivity contribution in [1.29, 1.82) is 0 Å². The molecule has 0 radical (unpaired) electrons. The SMILES string of the molecule is COc1ccc(C)cc1N1CC(C(=O)NC2CCS(=O)(=O)C2)CC1=O. The fourth-order valence-corrected chi connectivity index (χ4v) is 5.03. The standard InChI is InChI=1S/C17H22N2O5S/c1-11-3-4-15(24-2)14(7-11)19-9-12(8-16(19)20)17(21)18-13-5-6-25(22,23)10-13/h3-4,7,12-13H,5-6,8-10H2,1-2H3,(H,18,21). The van der Waals surface area contributed by atoms with Crippen LogP contribution in [-0.4, -0.2) is 51.4 Å². The first-order chi connectivity index (χ1) is 11.8. The molecular formula is C17H22N2O5S. The van der Waals surface area contributed by atoms with Gasteiger partial charge < -0.3 is 15.0 Å². The molecule has 8 heteroatoms. The number of carbonyl (C=O) groups excluding carboxylic acids is 2. The molecule has 3 rings (SSSR count). The largest absolute Gasteiger partial charge is 0.495 e. The molecule has 2 atom stereocenters. The summed E-state index contributed by atoms with van der Waals surface area (Å²) in [5.41, 5.74) is 1.65. The highest BCUT2D eigenvalue weighted by Crippen LogP contribution is 2.34. The van der Waals surface area contributed by atoms with Crippen molar-refractivity contribution in [1.82, 2.24) is 5.32 Å². The fourth-order valence-electron chi connectivity index (χ4n) is 3.35. The van der Waals surface area contributed by atoms with Crippen LogP contribution >= 0.6 is 0 Å². The Morgan fingerprint density at radius 1 is 1.36 bits per heavy atom. The molecule has 1 aromatic carbocycles. The van der Waals surface area contributed by atoms with E-state index in [2.05, 4.69) is 5.32 Å². The zero-order valence-corrected chi connectivity index (χ0v) is 15.1. The van der Waals surface area contributed by atoms with Crippen molar-refractivity contribution < 1.29 is 22.7 Å². The molecule has 1 aromatic rings. The maximum Gasteiger partial charge on any atom is 0.227 e. The number of amides is 2. The summed E-state index contributed by atoms with van der Waals surface area (Å²) in [6.45, 7) is 2.19. The molecule has 0 aromatic heterocycles. The Bertz CT molecular complexity index is 805. The Morgan fingerprint density at radius 3 is 2.76 bits per heavy atom. The highest BCUT2D eigenvalue weighted by Gasteiger charge is 2.38. The van der Waals surface area contributed by atoms with Gasteiger partial charge in [-0.05, 0) is 31.0 Å². The lowest BCUT2D eigenvalue weighted by Crippen LogP contribution is -2.40. The van der Waals surface area contributed by atoms with Crippen LogP contribution in [0.1, 0.15) is 18.4 Å². The Hall–Kier alpha value is -2.09. The highest BCUT2D eigenvalue weighted by molar-refractivity contribution is 7.91. The molecule has 0 bridgehead atoms. The number of carbonyl (C=O) groups is 2. The van der Waals surface area contributed by atoms with Crippen molar-refractivity contribution in [2.75, 3.05) is 30.1 Å². The highest BCUT2D eigenvalue weighted by atomic mass is 32.2. The Balaban J connectivity index is 1.70. The van der Waals surface area contributed by atoms with Gasteiger partial charge in [-0.3, -0.25) is 9.59 Å². The topological polar surface area (TPSA) is 92.8 Å². The number of nitrogens with zero attached hydrogens (tertiary/aromatic N) is 1. The minimum atomic E-state index is -3.05. The summed E-state index contributed by atoms with van der Waals surface area (Å²) in [4.78, 5) is 26.4. The number of benzene rings is 1. The minimum Gasteiger partial charge on any atom is -0.495 e. The Labute approximate surface area is 147 Å². The minimum absolute atomic E-state index is 0.0190. The van der Waals surface area contributed by atoms with E-state index in [1.807, 2.05) is 19.1 Å². The summed E-state index contributed by atoms with van der Waals surface area (Å²) in [6.07, 6.45) is 0.548. The van der Waals surface area contributed by atoms with Crippen molar-refractivity contribution in [2.45, 2.75) is 25.8 Å². The number of methoxy groups -OCH3 is 1.